The molecule has 32 heavy (non-hydrogen) atoms. The molecule has 9 heteroatoms. The number of hydrogen-bond donors (Lipinski definition) is 4. The molecule has 2 atom stereocenters. The third-order valence-electron chi connectivity index (χ3n) is 4.91. The number of ether oxygens (including phenoxy) is 2. The topological polar surface area (TPSA) is 130 Å². The Bertz CT molecular complexity index is 1070. The van der Waals surface area contributed by atoms with Crippen LogP contribution in [0.5, 0.6) is 0 Å². The van der Waals surface area contributed by atoms with Gasteiger partial charge < -0.3 is 30.2 Å². The summed E-state index contributed by atoms with van der Waals surface area (Å²) in [5, 5.41) is 15.3. The number of aromatic nitrogens is 1. The standard InChI is InChI=1S/C23H25N3O6/c1-31-22(29)20(13-27)25-21(28)19(11-16-12-24-18-10-6-5-9-17(16)18)26-23(30)32-14-15-7-3-2-4-8-15/h2-10,12,19-20,24,27H,11,13-14H2,1H3,(H,25,28)(H,26,30)/t19-,20-/m1/s1. The fourth-order valence-corrected chi connectivity index (χ4v) is 3.23. The van der Waals surface area contributed by atoms with E-state index >= 15 is 0 Å². The number of amides is 2. The average Bonchev–Trinajstić information content (AvgIpc) is 3.23. The summed E-state index contributed by atoms with van der Waals surface area (Å²) in [6.45, 7) is -0.605. The van der Waals surface area contributed by atoms with Gasteiger partial charge in [0.2, 0.25) is 5.91 Å². The molecule has 0 spiro atoms. The third-order valence-corrected chi connectivity index (χ3v) is 4.91. The Kier molecular flexibility index (Phi) is 7.82. The molecule has 0 aliphatic heterocycles. The minimum atomic E-state index is -1.25. The van der Waals surface area contributed by atoms with Crippen LogP contribution in [-0.4, -0.2) is 53.9 Å². The second-order valence-corrected chi connectivity index (χ2v) is 7.09. The smallest absolute Gasteiger partial charge is 0.408 e. The minimum Gasteiger partial charge on any atom is -0.467 e. The van der Waals surface area contributed by atoms with Gasteiger partial charge in [-0.25, -0.2) is 9.59 Å². The van der Waals surface area contributed by atoms with Gasteiger partial charge in [0, 0.05) is 23.5 Å². The number of esters is 1. The quantitative estimate of drug-likeness (QED) is 0.375. The van der Waals surface area contributed by atoms with Gasteiger partial charge in [0.1, 0.15) is 12.6 Å². The summed E-state index contributed by atoms with van der Waals surface area (Å²) >= 11 is 0. The van der Waals surface area contributed by atoms with Crippen molar-refractivity contribution in [1.29, 1.82) is 0 Å². The molecule has 2 amide bonds. The second kappa shape index (κ2) is 11.0. The van der Waals surface area contributed by atoms with Gasteiger partial charge in [0.15, 0.2) is 6.04 Å². The number of benzene rings is 2. The molecule has 4 N–H and O–H groups in total. The number of H-pyrrole nitrogens is 1. The van der Waals surface area contributed by atoms with E-state index in [4.69, 9.17) is 4.74 Å². The third kappa shape index (κ3) is 5.86. The number of para-hydroxylation sites is 1. The normalized spacial score (nSPS) is 12.6. The Hall–Kier alpha value is -3.85. The van der Waals surface area contributed by atoms with Crippen LogP contribution in [0.4, 0.5) is 4.79 Å². The Balaban J connectivity index is 1.74. The lowest BCUT2D eigenvalue weighted by molar-refractivity contribution is -0.146. The van der Waals surface area contributed by atoms with Crippen LogP contribution in [0.3, 0.4) is 0 Å². The van der Waals surface area contributed by atoms with E-state index in [-0.39, 0.29) is 13.0 Å². The molecule has 0 fully saturated rings. The van der Waals surface area contributed by atoms with Gasteiger partial charge in [-0.15, -0.1) is 0 Å². The van der Waals surface area contributed by atoms with Gasteiger partial charge in [-0.1, -0.05) is 48.5 Å². The molecule has 9 nitrogen and oxygen atoms in total. The molecule has 168 valence electrons. The van der Waals surface area contributed by atoms with E-state index in [2.05, 4.69) is 20.4 Å². The number of hydrogen-bond acceptors (Lipinski definition) is 6. The van der Waals surface area contributed by atoms with Crippen molar-refractivity contribution in [3.8, 4) is 0 Å². The zero-order valence-electron chi connectivity index (χ0n) is 17.5. The predicted octanol–water partition coefficient (Wildman–Crippen LogP) is 1.66. The minimum absolute atomic E-state index is 0.0372. The van der Waals surface area contributed by atoms with Crippen LogP contribution in [0.15, 0.2) is 60.8 Å². The van der Waals surface area contributed by atoms with Crippen LogP contribution in [0.1, 0.15) is 11.1 Å². The Morgan fingerprint density at radius 3 is 2.44 bits per heavy atom. The summed E-state index contributed by atoms with van der Waals surface area (Å²) in [6.07, 6.45) is 1.11. The Labute approximate surface area is 184 Å². The van der Waals surface area contributed by atoms with E-state index in [9.17, 15) is 19.5 Å². The van der Waals surface area contributed by atoms with Crippen molar-refractivity contribution < 1.29 is 29.0 Å². The van der Waals surface area contributed by atoms with Crippen LogP contribution in [-0.2, 0) is 32.1 Å². The largest absolute Gasteiger partial charge is 0.467 e. The molecular formula is C23H25N3O6. The van der Waals surface area contributed by atoms with E-state index in [1.165, 1.54) is 0 Å². The first-order valence-electron chi connectivity index (χ1n) is 10.0. The monoisotopic (exact) mass is 439 g/mol. The van der Waals surface area contributed by atoms with Crippen molar-refractivity contribution >= 4 is 28.9 Å². The average molecular weight is 439 g/mol. The van der Waals surface area contributed by atoms with Gasteiger partial charge in [0.05, 0.1) is 13.7 Å². The first kappa shape index (κ1) is 22.8. The summed E-state index contributed by atoms with van der Waals surface area (Å²) in [5.74, 6) is -1.45. The van der Waals surface area contributed by atoms with Crippen molar-refractivity contribution in [3.05, 3.63) is 71.9 Å². The highest BCUT2D eigenvalue weighted by Crippen LogP contribution is 2.19. The van der Waals surface area contributed by atoms with E-state index in [0.717, 1.165) is 29.1 Å². The molecule has 0 bridgehead atoms. The number of aromatic amines is 1. The van der Waals surface area contributed by atoms with Crippen molar-refractivity contribution in [2.24, 2.45) is 0 Å². The maximum atomic E-state index is 12.9. The summed E-state index contributed by atoms with van der Waals surface area (Å²) in [5.41, 5.74) is 2.48. The molecule has 0 saturated heterocycles. The number of alkyl carbamates (subject to hydrolysis) is 1. The molecule has 0 saturated carbocycles. The lowest BCUT2D eigenvalue weighted by Crippen LogP contribution is -2.53. The Morgan fingerprint density at radius 2 is 1.72 bits per heavy atom. The molecule has 1 heterocycles. The van der Waals surface area contributed by atoms with Crippen molar-refractivity contribution in [3.63, 3.8) is 0 Å². The maximum Gasteiger partial charge on any atom is 0.408 e. The van der Waals surface area contributed by atoms with Crippen LogP contribution in [0.2, 0.25) is 0 Å². The summed E-state index contributed by atoms with van der Waals surface area (Å²) in [7, 11) is 1.15. The SMILES string of the molecule is COC(=O)[C@@H](CO)NC(=O)[C@@H](Cc1c[nH]c2ccccc12)NC(=O)OCc1ccccc1. The summed E-state index contributed by atoms with van der Waals surface area (Å²) < 4.78 is 9.82. The number of rotatable bonds is 9. The zero-order chi connectivity index (χ0) is 22.9. The lowest BCUT2D eigenvalue weighted by atomic mass is 10.0. The van der Waals surface area contributed by atoms with Crippen molar-refractivity contribution in [2.45, 2.75) is 25.1 Å². The molecule has 0 aliphatic rings. The number of methoxy groups -OCH3 is 1. The predicted molar refractivity (Wildman–Crippen MR) is 117 cm³/mol. The van der Waals surface area contributed by atoms with Gasteiger partial charge >= 0.3 is 12.1 Å². The fraction of sp³-hybridized carbons (Fsp3) is 0.261. The molecule has 3 aromatic rings. The maximum absolute atomic E-state index is 12.9. The van der Waals surface area contributed by atoms with Crippen LogP contribution >= 0.6 is 0 Å². The number of fused-ring (bicyclic) bond motifs is 1. The van der Waals surface area contributed by atoms with Crippen LogP contribution in [0.25, 0.3) is 10.9 Å². The van der Waals surface area contributed by atoms with Gasteiger partial charge in [-0.3, -0.25) is 4.79 Å². The van der Waals surface area contributed by atoms with Gasteiger partial charge in [0.25, 0.3) is 0 Å². The highest BCUT2D eigenvalue weighted by molar-refractivity contribution is 5.91. The molecular weight excluding hydrogens is 414 g/mol. The van der Waals surface area contributed by atoms with Crippen LogP contribution in [0, 0.1) is 0 Å². The number of nitrogens with one attached hydrogen (secondary N) is 3. The fourth-order valence-electron chi connectivity index (χ4n) is 3.23. The number of aliphatic hydroxyl groups excluding tert-OH is 1. The number of carbonyl (C=O) groups is 3. The molecule has 0 radical (unpaired) electrons. The lowest BCUT2D eigenvalue weighted by Gasteiger charge is -2.21. The number of carbonyl (C=O) groups excluding carboxylic acids is 3. The van der Waals surface area contributed by atoms with Crippen LogP contribution < -0.4 is 10.6 Å². The number of aliphatic hydroxyl groups is 1. The summed E-state index contributed by atoms with van der Waals surface area (Å²) in [4.78, 5) is 40.2. The first-order valence-corrected chi connectivity index (χ1v) is 10.0. The molecule has 2 aromatic carbocycles. The first-order chi connectivity index (χ1) is 15.5. The highest BCUT2D eigenvalue weighted by Gasteiger charge is 2.28. The van der Waals surface area contributed by atoms with Crippen molar-refractivity contribution in [2.75, 3.05) is 13.7 Å². The molecule has 0 unspecified atom stereocenters. The Morgan fingerprint density at radius 1 is 1.00 bits per heavy atom. The van der Waals surface area contributed by atoms with E-state index in [1.54, 1.807) is 6.20 Å². The molecule has 1 aromatic heterocycles. The van der Waals surface area contributed by atoms with Crippen molar-refractivity contribution in [1.82, 2.24) is 15.6 Å². The van der Waals surface area contributed by atoms with Gasteiger partial charge in [-0.05, 0) is 17.2 Å². The van der Waals surface area contributed by atoms with E-state index in [1.807, 2.05) is 54.6 Å². The van der Waals surface area contributed by atoms with E-state index < -0.39 is 36.7 Å². The zero-order valence-corrected chi connectivity index (χ0v) is 17.5. The van der Waals surface area contributed by atoms with E-state index in [0.29, 0.717) is 0 Å². The molecule has 0 aliphatic carbocycles. The second-order valence-electron chi connectivity index (χ2n) is 7.09. The van der Waals surface area contributed by atoms with Gasteiger partial charge in [-0.2, -0.15) is 0 Å². The molecule has 3 rings (SSSR count). The summed E-state index contributed by atoms with van der Waals surface area (Å²) in [6, 6.07) is 14.4. The highest BCUT2D eigenvalue weighted by atomic mass is 16.5.